The van der Waals surface area contributed by atoms with Crippen molar-refractivity contribution in [3.8, 4) is 34.4 Å². The Hall–Kier alpha value is -3.94. The van der Waals surface area contributed by atoms with Crippen molar-refractivity contribution in [2.24, 2.45) is 7.05 Å². The van der Waals surface area contributed by atoms with Crippen LogP contribution in [0.5, 0.6) is 23.1 Å². The van der Waals surface area contributed by atoms with E-state index in [0.717, 1.165) is 17.0 Å². The number of pyridine rings is 3. The van der Waals surface area contributed by atoms with Crippen LogP contribution in [0.1, 0.15) is 36.1 Å². The van der Waals surface area contributed by atoms with Crippen LogP contribution < -0.4 is 14.2 Å². The van der Waals surface area contributed by atoms with E-state index in [0.29, 0.717) is 35.7 Å². The highest BCUT2D eigenvalue weighted by Gasteiger charge is 2.27. The summed E-state index contributed by atoms with van der Waals surface area (Å²) in [7, 11) is 1.87. The zero-order valence-corrected chi connectivity index (χ0v) is 17.5. The summed E-state index contributed by atoms with van der Waals surface area (Å²) < 4.78 is 19.7. The molecule has 0 aromatic carbocycles. The SMILES string of the molecule is Cn1cc(-c2cc(Oc3cnc4c(c3)OC[C@H](c3ccc(C5CC5)cn3)O4)ccn2)cn1. The summed E-state index contributed by atoms with van der Waals surface area (Å²) in [5.74, 6) is 2.88. The van der Waals surface area contributed by atoms with Crippen molar-refractivity contribution >= 4 is 0 Å². The monoisotopic (exact) mass is 427 g/mol. The summed E-state index contributed by atoms with van der Waals surface area (Å²) in [6.45, 7) is 0.369. The number of nitrogens with zero attached hydrogens (tertiary/aromatic N) is 5. The Bertz CT molecular complexity index is 1270. The quantitative estimate of drug-likeness (QED) is 0.465. The highest BCUT2D eigenvalue weighted by Crippen LogP contribution is 2.41. The Labute approximate surface area is 184 Å². The fraction of sp³-hybridized carbons (Fsp3) is 0.250. The maximum Gasteiger partial charge on any atom is 0.258 e. The standard InChI is InChI=1S/C24H21N5O3/c1-29-13-17(11-28-29)21-8-18(6-7-25-21)31-19-9-22-24(27-12-19)32-23(14-30-22)20-5-4-16(10-26-20)15-2-3-15/h4-13,15,23H,2-3,14H2,1H3/t23-/m1/s1. The molecule has 0 spiro atoms. The molecule has 160 valence electrons. The van der Waals surface area contributed by atoms with Gasteiger partial charge in [-0.1, -0.05) is 6.07 Å². The third kappa shape index (κ3) is 3.75. The zero-order chi connectivity index (χ0) is 21.5. The molecule has 1 saturated carbocycles. The molecule has 1 aliphatic heterocycles. The number of ether oxygens (including phenoxy) is 3. The van der Waals surface area contributed by atoms with Crippen molar-refractivity contribution in [1.82, 2.24) is 24.7 Å². The summed E-state index contributed by atoms with van der Waals surface area (Å²) in [6.07, 6.45) is 11.2. The van der Waals surface area contributed by atoms with Crippen molar-refractivity contribution in [2.75, 3.05) is 6.61 Å². The molecule has 1 fully saturated rings. The van der Waals surface area contributed by atoms with Gasteiger partial charge in [0, 0.05) is 43.3 Å². The number of aromatic nitrogens is 5. The number of hydrogen-bond acceptors (Lipinski definition) is 7. The lowest BCUT2D eigenvalue weighted by Crippen LogP contribution is -2.23. The van der Waals surface area contributed by atoms with Gasteiger partial charge in [-0.15, -0.1) is 0 Å². The Morgan fingerprint density at radius 2 is 1.94 bits per heavy atom. The molecule has 1 aliphatic carbocycles. The zero-order valence-electron chi connectivity index (χ0n) is 17.5. The van der Waals surface area contributed by atoms with Crippen molar-refractivity contribution in [3.05, 3.63) is 72.6 Å². The molecule has 6 rings (SSSR count). The largest absolute Gasteiger partial charge is 0.483 e. The molecule has 8 heteroatoms. The molecule has 32 heavy (non-hydrogen) atoms. The summed E-state index contributed by atoms with van der Waals surface area (Å²) >= 11 is 0. The molecule has 0 unspecified atom stereocenters. The minimum absolute atomic E-state index is 0.280. The highest BCUT2D eigenvalue weighted by molar-refractivity contribution is 5.59. The molecule has 2 aliphatic rings. The van der Waals surface area contributed by atoms with E-state index in [2.05, 4.69) is 26.1 Å². The normalized spacial score (nSPS) is 17.2. The van der Waals surface area contributed by atoms with Gasteiger partial charge in [-0.3, -0.25) is 14.6 Å². The van der Waals surface area contributed by atoms with Crippen LogP contribution in [0.4, 0.5) is 0 Å². The highest BCUT2D eigenvalue weighted by atomic mass is 16.6. The molecule has 0 bridgehead atoms. The topological polar surface area (TPSA) is 84.2 Å². The minimum atomic E-state index is -0.280. The van der Waals surface area contributed by atoms with Gasteiger partial charge in [-0.2, -0.15) is 5.10 Å². The Kier molecular flexibility index (Phi) is 4.49. The Morgan fingerprint density at radius 1 is 1.00 bits per heavy atom. The van der Waals surface area contributed by atoms with Crippen LogP contribution in [-0.2, 0) is 7.05 Å². The molecule has 5 heterocycles. The lowest BCUT2D eigenvalue weighted by Gasteiger charge is -2.25. The van der Waals surface area contributed by atoms with Gasteiger partial charge in [0.2, 0.25) is 0 Å². The smallest absolute Gasteiger partial charge is 0.258 e. The van der Waals surface area contributed by atoms with E-state index in [1.54, 1.807) is 35.4 Å². The summed E-state index contributed by atoms with van der Waals surface area (Å²) in [5.41, 5.74) is 3.85. The van der Waals surface area contributed by atoms with Gasteiger partial charge in [0.05, 0.1) is 23.8 Å². The average Bonchev–Trinajstić information content (AvgIpc) is 3.59. The second-order valence-corrected chi connectivity index (χ2v) is 8.06. The summed E-state index contributed by atoms with van der Waals surface area (Å²) in [4.78, 5) is 13.4. The Balaban J connectivity index is 1.17. The fourth-order valence-corrected chi connectivity index (χ4v) is 3.73. The van der Waals surface area contributed by atoms with Gasteiger partial charge in [0.1, 0.15) is 18.1 Å². The van der Waals surface area contributed by atoms with Gasteiger partial charge in [-0.25, -0.2) is 4.98 Å². The number of hydrogen-bond donors (Lipinski definition) is 0. The molecule has 1 atom stereocenters. The molecular weight excluding hydrogens is 406 g/mol. The number of aryl methyl sites for hydroxylation is 1. The third-order valence-corrected chi connectivity index (χ3v) is 5.59. The van der Waals surface area contributed by atoms with Gasteiger partial charge in [-0.05, 0) is 36.5 Å². The van der Waals surface area contributed by atoms with E-state index in [-0.39, 0.29) is 6.10 Å². The second-order valence-electron chi connectivity index (χ2n) is 8.06. The predicted octanol–water partition coefficient (Wildman–Crippen LogP) is 4.45. The van der Waals surface area contributed by atoms with Gasteiger partial charge in [0.15, 0.2) is 11.9 Å². The molecular formula is C24H21N5O3. The minimum Gasteiger partial charge on any atom is -0.483 e. The van der Waals surface area contributed by atoms with E-state index in [1.165, 1.54) is 18.4 Å². The Morgan fingerprint density at radius 3 is 2.72 bits per heavy atom. The van der Waals surface area contributed by atoms with Crippen LogP contribution in [0.2, 0.25) is 0 Å². The molecule has 0 saturated heterocycles. The van der Waals surface area contributed by atoms with Crippen molar-refractivity contribution in [1.29, 1.82) is 0 Å². The van der Waals surface area contributed by atoms with Crippen LogP contribution >= 0.6 is 0 Å². The molecule has 4 aromatic heterocycles. The first-order chi connectivity index (χ1) is 15.7. The molecule has 0 amide bonds. The lowest BCUT2D eigenvalue weighted by molar-refractivity contribution is 0.0817. The van der Waals surface area contributed by atoms with Crippen molar-refractivity contribution in [2.45, 2.75) is 24.9 Å². The van der Waals surface area contributed by atoms with Crippen LogP contribution in [0.3, 0.4) is 0 Å². The average molecular weight is 427 g/mol. The number of rotatable bonds is 5. The first-order valence-corrected chi connectivity index (χ1v) is 10.6. The first kappa shape index (κ1) is 18.8. The second kappa shape index (κ2) is 7.64. The predicted molar refractivity (Wildman–Crippen MR) is 116 cm³/mol. The van der Waals surface area contributed by atoms with Crippen LogP contribution in [0.15, 0.2) is 61.3 Å². The van der Waals surface area contributed by atoms with E-state index >= 15 is 0 Å². The van der Waals surface area contributed by atoms with Crippen molar-refractivity contribution < 1.29 is 14.2 Å². The maximum atomic E-state index is 6.04. The molecule has 0 N–H and O–H groups in total. The van der Waals surface area contributed by atoms with E-state index < -0.39 is 0 Å². The van der Waals surface area contributed by atoms with Crippen LogP contribution in [-0.4, -0.2) is 31.3 Å². The van der Waals surface area contributed by atoms with Gasteiger partial charge >= 0.3 is 0 Å². The lowest BCUT2D eigenvalue weighted by atomic mass is 10.1. The fourth-order valence-electron chi connectivity index (χ4n) is 3.73. The third-order valence-electron chi connectivity index (χ3n) is 5.59. The summed E-state index contributed by atoms with van der Waals surface area (Å²) in [6, 6.07) is 9.60. The van der Waals surface area contributed by atoms with E-state index in [1.807, 2.05) is 31.6 Å². The van der Waals surface area contributed by atoms with Gasteiger partial charge < -0.3 is 14.2 Å². The van der Waals surface area contributed by atoms with E-state index in [9.17, 15) is 0 Å². The van der Waals surface area contributed by atoms with Crippen LogP contribution in [0, 0.1) is 0 Å². The number of fused-ring (bicyclic) bond motifs is 1. The maximum absolute atomic E-state index is 6.04. The van der Waals surface area contributed by atoms with Crippen molar-refractivity contribution in [3.63, 3.8) is 0 Å². The summed E-state index contributed by atoms with van der Waals surface area (Å²) in [5, 5.41) is 4.19. The van der Waals surface area contributed by atoms with Gasteiger partial charge in [0.25, 0.3) is 5.88 Å². The van der Waals surface area contributed by atoms with Crippen LogP contribution in [0.25, 0.3) is 11.3 Å². The molecule has 8 nitrogen and oxygen atoms in total. The molecule has 0 radical (unpaired) electrons. The molecule has 4 aromatic rings. The first-order valence-electron chi connectivity index (χ1n) is 10.6. The van der Waals surface area contributed by atoms with E-state index in [4.69, 9.17) is 14.2 Å².